The predicted octanol–water partition coefficient (Wildman–Crippen LogP) is 0.590. The van der Waals surface area contributed by atoms with Gasteiger partial charge in [-0.25, -0.2) is 0 Å². The number of aliphatic hydroxyl groups is 1. The van der Waals surface area contributed by atoms with Gasteiger partial charge in [-0.3, -0.25) is 9.59 Å². The Bertz CT molecular complexity index is 267. The SMILES string of the molecule is COC(=O)CC1=CCCC(O)CC1=O. The van der Waals surface area contributed by atoms with E-state index < -0.39 is 12.1 Å². The minimum atomic E-state index is -0.575. The highest BCUT2D eigenvalue weighted by Gasteiger charge is 2.20. The molecule has 0 saturated carbocycles. The molecule has 0 amide bonds. The van der Waals surface area contributed by atoms with Gasteiger partial charge in [-0.05, 0) is 12.8 Å². The van der Waals surface area contributed by atoms with Crippen molar-refractivity contribution in [1.82, 2.24) is 0 Å². The first kappa shape index (κ1) is 10.9. The number of hydrogen-bond donors (Lipinski definition) is 1. The molecule has 0 bridgehead atoms. The molecule has 1 rings (SSSR count). The summed E-state index contributed by atoms with van der Waals surface area (Å²) in [6.45, 7) is 0. The summed E-state index contributed by atoms with van der Waals surface area (Å²) >= 11 is 0. The number of methoxy groups -OCH3 is 1. The Balaban J connectivity index is 2.62. The van der Waals surface area contributed by atoms with Gasteiger partial charge in [0.1, 0.15) is 0 Å². The number of aliphatic hydroxyl groups excluding tert-OH is 1. The second-order valence-electron chi connectivity index (χ2n) is 3.34. The molecule has 0 aromatic rings. The monoisotopic (exact) mass is 198 g/mol. The molecule has 4 nitrogen and oxygen atoms in total. The van der Waals surface area contributed by atoms with Crippen LogP contribution in [0.15, 0.2) is 11.6 Å². The summed E-state index contributed by atoms with van der Waals surface area (Å²) in [4.78, 5) is 22.4. The summed E-state index contributed by atoms with van der Waals surface area (Å²) in [6, 6.07) is 0. The average molecular weight is 198 g/mol. The number of hydrogen-bond acceptors (Lipinski definition) is 4. The zero-order valence-corrected chi connectivity index (χ0v) is 8.16. The lowest BCUT2D eigenvalue weighted by atomic mass is 10.1. The third kappa shape index (κ3) is 2.96. The fraction of sp³-hybridized carbons (Fsp3) is 0.600. The van der Waals surface area contributed by atoms with Gasteiger partial charge in [-0.2, -0.15) is 0 Å². The van der Waals surface area contributed by atoms with Gasteiger partial charge in [0, 0.05) is 12.0 Å². The van der Waals surface area contributed by atoms with Crippen LogP contribution >= 0.6 is 0 Å². The standard InChI is InChI=1S/C10H14O4/c1-14-10(13)5-7-3-2-4-8(11)6-9(7)12/h3,8,11H,2,4-6H2,1H3. The van der Waals surface area contributed by atoms with E-state index in [2.05, 4.69) is 4.74 Å². The molecule has 0 fully saturated rings. The van der Waals surface area contributed by atoms with E-state index in [0.717, 1.165) is 0 Å². The number of carbonyl (C=O) groups excluding carboxylic acids is 2. The second-order valence-corrected chi connectivity index (χ2v) is 3.34. The van der Waals surface area contributed by atoms with E-state index >= 15 is 0 Å². The molecular weight excluding hydrogens is 184 g/mol. The highest BCUT2D eigenvalue weighted by atomic mass is 16.5. The lowest BCUT2D eigenvalue weighted by Gasteiger charge is -2.05. The van der Waals surface area contributed by atoms with Gasteiger partial charge >= 0.3 is 5.97 Å². The van der Waals surface area contributed by atoms with Crippen molar-refractivity contribution >= 4 is 11.8 Å². The Morgan fingerprint density at radius 3 is 3.07 bits per heavy atom. The predicted molar refractivity (Wildman–Crippen MR) is 49.6 cm³/mol. The maximum Gasteiger partial charge on any atom is 0.310 e. The van der Waals surface area contributed by atoms with Crippen LogP contribution in [0, 0.1) is 0 Å². The van der Waals surface area contributed by atoms with Crippen LogP contribution < -0.4 is 0 Å². The van der Waals surface area contributed by atoms with Crippen molar-refractivity contribution in [3.05, 3.63) is 11.6 Å². The molecular formula is C10H14O4. The second kappa shape index (κ2) is 4.91. The van der Waals surface area contributed by atoms with Crippen LogP contribution in [0.2, 0.25) is 0 Å². The van der Waals surface area contributed by atoms with E-state index in [-0.39, 0.29) is 18.6 Å². The molecule has 14 heavy (non-hydrogen) atoms. The number of Topliss-reactive ketones (excluding diaryl/α,β-unsaturated/α-hetero) is 1. The number of ether oxygens (including phenoxy) is 1. The first-order valence-electron chi connectivity index (χ1n) is 4.60. The van der Waals surface area contributed by atoms with Gasteiger partial charge < -0.3 is 9.84 Å². The fourth-order valence-electron chi connectivity index (χ4n) is 1.41. The van der Waals surface area contributed by atoms with E-state index in [1.54, 1.807) is 6.08 Å². The molecule has 78 valence electrons. The van der Waals surface area contributed by atoms with Crippen molar-refractivity contribution in [3.63, 3.8) is 0 Å². The molecule has 0 aliphatic heterocycles. The van der Waals surface area contributed by atoms with Crippen molar-refractivity contribution in [1.29, 1.82) is 0 Å². The molecule has 0 aromatic heterocycles. The Morgan fingerprint density at radius 1 is 1.71 bits per heavy atom. The Kier molecular flexibility index (Phi) is 3.83. The largest absolute Gasteiger partial charge is 0.469 e. The molecule has 0 radical (unpaired) electrons. The molecule has 0 aromatic carbocycles. The maximum atomic E-state index is 11.4. The normalized spacial score (nSPS) is 22.6. The number of allylic oxidation sites excluding steroid dienone is 1. The average Bonchev–Trinajstić information content (AvgIpc) is 2.29. The molecule has 1 atom stereocenters. The van der Waals surface area contributed by atoms with Gasteiger partial charge in [-0.15, -0.1) is 0 Å². The summed E-state index contributed by atoms with van der Waals surface area (Å²) in [5, 5.41) is 9.30. The van der Waals surface area contributed by atoms with Crippen LogP contribution in [-0.4, -0.2) is 30.1 Å². The summed E-state index contributed by atoms with van der Waals surface area (Å²) in [7, 11) is 1.29. The van der Waals surface area contributed by atoms with Gasteiger partial charge in [0.2, 0.25) is 0 Å². The van der Waals surface area contributed by atoms with Crippen LogP contribution in [0.1, 0.15) is 25.7 Å². The molecule has 4 heteroatoms. The Hall–Kier alpha value is -1.16. The molecule has 0 heterocycles. The highest BCUT2D eigenvalue weighted by Crippen LogP contribution is 2.17. The van der Waals surface area contributed by atoms with Crippen LogP contribution in [0.5, 0.6) is 0 Å². The number of esters is 1. The minimum Gasteiger partial charge on any atom is -0.469 e. The smallest absolute Gasteiger partial charge is 0.310 e. The van der Waals surface area contributed by atoms with E-state index in [1.807, 2.05) is 0 Å². The number of ketones is 1. The van der Waals surface area contributed by atoms with Crippen molar-refractivity contribution in [2.24, 2.45) is 0 Å². The third-order valence-corrected chi connectivity index (χ3v) is 2.23. The van der Waals surface area contributed by atoms with Crippen molar-refractivity contribution in [2.45, 2.75) is 31.8 Å². The third-order valence-electron chi connectivity index (χ3n) is 2.23. The van der Waals surface area contributed by atoms with Gasteiger partial charge in [0.25, 0.3) is 0 Å². The highest BCUT2D eigenvalue weighted by molar-refractivity contribution is 5.99. The lowest BCUT2D eigenvalue weighted by molar-refractivity contribution is -0.140. The first-order valence-corrected chi connectivity index (χ1v) is 4.60. The number of rotatable bonds is 2. The number of carbonyl (C=O) groups is 2. The van der Waals surface area contributed by atoms with Gasteiger partial charge in [-0.1, -0.05) is 6.08 Å². The topological polar surface area (TPSA) is 63.6 Å². The summed E-state index contributed by atoms with van der Waals surface area (Å²) in [5.74, 6) is -0.568. The van der Waals surface area contributed by atoms with Crippen LogP contribution in [0.25, 0.3) is 0 Å². The van der Waals surface area contributed by atoms with Crippen LogP contribution in [-0.2, 0) is 14.3 Å². The molecule has 1 aliphatic carbocycles. The van der Waals surface area contributed by atoms with Crippen LogP contribution in [0.3, 0.4) is 0 Å². The molecule has 0 spiro atoms. The Morgan fingerprint density at radius 2 is 2.43 bits per heavy atom. The maximum absolute atomic E-state index is 11.4. The van der Waals surface area contributed by atoms with Crippen LogP contribution in [0.4, 0.5) is 0 Å². The first-order chi connectivity index (χ1) is 6.63. The Labute approximate surface area is 82.6 Å². The minimum absolute atomic E-state index is 0.0159. The zero-order chi connectivity index (χ0) is 10.6. The lowest BCUT2D eigenvalue weighted by Crippen LogP contribution is -2.14. The van der Waals surface area contributed by atoms with Crippen molar-refractivity contribution < 1.29 is 19.4 Å². The molecule has 1 N–H and O–H groups in total. The van der Waals surface area contributed by atoms with E-state index in [4.69, 9.17) is 0 Å². The van der Waals surface area contributed by atoms with E-state index in [1.165, 1.54) is 7.11 Å². The quantitative estimate of drug-likeness (QED) is 0.659. The fourth-order valence-corrected chi connectivity index (χ4v) is 1.41. The summed E-state index contributed by atoms with van der Waals surface area (Å²) in [6.07, 6.45) is 2.49. The van der Waals surface area contributed by atoms with Gasteiger partial charge in [0.15, 0.2) is 5.78 Å². The van der Waals surface area contributed by atoms with E-state index in [9.17, 15) is 14.7 Å². The molecule has 1 unspecified atom stereocenters. The van der Waals surface area contributed by atoms with Crippen molar-refractivity contribution in [2.75, 3.05) is 7.11 Å². The molecule has 0 saturated heterocycles. The summed E-state index contributed by atoms with van der Waals surface area (Å²) < 4.78 is 4.47. The van der Waals surface area contributed by atoms with Crippen molar-refractivity contribution in [3.8, 4) is 0 Å². The van der Waals surface area contributed by atoms with E-state index in [0.29, 0.717) is 18.4 Å². The van der Waals surface area contributed by atoms with Gasteiger partial charge in [0.05, 0.1) is 19.6 Å². The zero-order valence-electron chi connectivity index (χ0n) is 8.16. The molecule has 1 aliphatic rings. The summed E-state index contributed by atoms with van der Waals surface area (Å²) in [5.41, 5.74) is 0.466.